The molecule has 0 bridgehead atoms. The third-order valence-electron chi connectivity index (χ3n) is 10.8. The Bertz CT molecular complexity index is 661. The standard InChI is InChI=1S/C25H43BO3/c1-16-25(29-26(28-16)22(2,3)4)14-11-21-19-8-7-17-15-18(27)9-12-23(17,5)20(19)10-13-24(21,25)6/h16-21,27H,7-15H2,1-6H3/t16-,17-,18-,19-,20+,21+,23+,24+,25+/m1/s1. The van der Waals surface area contributed by atoms with Gasteiger partial charge in [-0.3, -0.25) is 0 Å². The maximum Gasteiger partial charge on any atom is 0.463 e. The summed E-state index contributed by atoms with van der Waals surface area (Å²) >= 11 is 0. The van der Waals surface area contributed by atoms with Crippen LogP contribution in [-0.4, -0.2) is 30.0 Å². The summed E-state index contributed by atoms with van der Waals surface area (Å²) in [7, 11) is -0.0844. The Labute approximate surface area is 178 Å². The van der Waals surface area contributed by atoms with E-state index in [0.29, 0.717) is 5.41 Å². The molecule has 0 aromatic carbocycles. The summed E-state index contributed by atoms with van der Waals surface area (Å²) in [5.41, 5.74) is 0.595. The van der Waals surface area contributed by atoms with Crippen molar-refractivity contribution in [1.29, 1.82) is 0 Å². The second-order valence-corrected chi connectivity index (χ2v) is 13.1. The number of rotatable bonds is 0. The van der Waals surface area contributed by atoms with Crippen LogP contribution >= 0.6 is 0 Å². The van der Waals surface area contributed by atoms with E-state index in [4.69, 9.17) is 9.31 Å². The lowest BCUT2D eigenvalue weighted by atomic mass is 9.44. The topological polar surface area (TPSA) is 38.7 Å². The minimum absolute atomic E-state index is 0.0257. The quantitative estimate of drug-likeness (QED) is 0.517. The van der Waals surface area contributed by atoms with Gasteiger partial charge in [0.25, 0.3) is 0 Å². The Morgan fingerprint density at radius 2 is 1.66 bits per heavy atom. The van der Waals surface area contributed by atoms with Crippen LogP contribution in [0.3, 0.4) is 0 Å². The summed E-state index contributed by atoms with van der Waals surface area (Å²) in [4.78, 5) is 0. The third kappa shape index (κ3) is 2.73. The minimum Gasteiger partial charge on any atom is -0.405 e. The van der Waals surface area contributed by atoms with Crippen molar-refractivity contribution in [1.82, 2.24) is 0 Å². The van der Waals surface area contributed by atoms with Gasteiger partial charge in [-0.15, -0.1) is 0 Å². The van der Waals surface area contributed by atoms with E-state index in [-0.39, 0.29) is 35.7 Å². The summed E-state index contributed by atoms with van der Waals surface area (Å²) in [6, 6.07) is 0. The molecule has 1 heterocycles. The number of hydrogen-bond donors (Lipinski definition) is 1. The molecular weight excluding hydrogens is 359 g/mol. The molecule has 164 valence electrons. The SMILES string of the molecule is C[C@H]1OB(C(C)(C)C)O[C@@]12CC[C@H]1[C@@H]3CC[C@@H]4C[C@H](O)CC[C@]4(C)[C@H]3CC[C@@]12C. The van der Waals surface area contributed by atoms with Gasteiger partial charge in [0, 0.05) is 5.41 Å². The van der Waals surface area contributed by atoms with E-state index in [1.807, 2.05) is 0 Å². The average Bonchev–Trinajstić information content (AvgIpc) is 3.14. The minimum atomic E-state index is -0.0961. The predicted octanol–water partition coefficient (Wildman–Crippen LogP) is 5.85. The number of aliphatic hydroxyl groups excluding tert-OH is 1. The molecule has 1 spiro atoms. The van der Waals surface area contributed by atoms with Crippen molar-refractivity contribution < 1.29 is 14.4 Å². The molecule has 1 saturated heterocycles. The highest BCUT2D eigenvalue weighted by molar-refractivity contribution is 6.49. The second-order valence-electron chi connectivity index (χ2n) is 13.1. The molecule has 0 amide bonds. The fraction of sp³-hybridized carbons (Fsp3) is 1.00. The first kappa shape index (κ1) is 20.8. The van der Waals surface area contributed by atoms with Crippen LogP contribution in [0.5, 0.6) is 0 Å². The van der Waals surface area contributed by atoms with Crippen molar-refractivity contribution in [2.75, 3.05) is 0 Å². The maximum absolute atomic E-state index is 10.3. The zero-order valence-electron chi connectivity index (χ0n) is 19.7. The summed E-state index contributed by atoms with van der Waals surface area (Å²) in [6.45, 7) is 14.2. The molecule has 9 atom stereocenters. The van der Waals surface area contributed by atoms with Gasteiger partial charge in [0.05, 0.1) is 17.8 Å². The Morgan fingerprint density at radius 1 is 0.931 bits per heavy atom. The van der Waals surface area contributed by atoms with Crippen molar-refractivity contribution in [2.24, 2.45) is 34.5 Å². The molecule has 0 aromatic rings. The first-order chi connectivity index (χ1) is 13.5. The lowest BCUT2D eigenvalue weighted by molar-refractivity contribution is -0.155. The van der Waals surface area contributed by atoms with E-state index in [2.05, 4.69) is 41.5 Å². The number of fused-ring (bicyclic) bond motifs is 6. The van der Waals surface area contributed by atoms with Gasteiger partial charge in [-0.25, -0.2) is 0 Å². The fourth-order valence-corrected chi connectivity index (χ4v) is 9.12. The Hall–Kier alpha value is -0.0551. The summed E-state index contributed by atoms with van der Waals surface area (Å²) in [5, 5.41) is 10.3. The maximum atomic E-state index is 10.3. The highest BCUT2D eigenvalue weighted by Gasteiger charge is 2.70. The van der Waals surface area contributed by atoms with E-state index in [1.165, 1.54) is 44.9 Å². The highest BCUT2D eigenvalue weighted by atomic mass is 16.7. The Kier molecular flexibility index (Phi) is 4.66. The first-order valence-corrected chi connectivity index (χ1v) is 12.5. The van der Waals surface area contributed by atoms with E-state index in [1.54, 1.807) is 0 Å². The van der Waals surface area contributed by atoms with E-state index >= 15 is 0 Å². The van der Waals surface area contributed by atoms with Gasteiger partial charge >= 0.3 is 7.12 Å². The van der Waals surface area contributed by atoms with Crippen molar-refractivity contribution in [3.63, 3.8) is 0 Å². The smallest absolute Gasteiger partial charge is 0.405 e. The van der Waals surface area contributed by atoms with Crippen LogP contribution in [-0.2, 0) is 9.31 Å². The molecule has 5 aliphatic rings. The van der Waals surface area contributed by atoms with Crippen LogP contribution in [0.15, 0.2) is 0 Å². The zero-order valence-corrected chi connectivity index (χ0v) is 19.7. The molecule has 5 rings (SSSR count). The summed E-state index contributed by atoms with van der Waals surface area (Å²) in [5.74, 6) is 3.20. The van der Waals surface area contributed by atoms with Crippen molar-refractivity contribution in [3.8, 4) is 0 Å². The molecule has 0 unspecified atom stereocenters. The van der Waals surface area contributed by atoms with Crippen LogP contribution < -0.4 is 0 Å². The van der Waals surface area contributed by atoms with Crippen molar-refractivity contribution >= 4 is 7.12 Å². The molecule has 4 heteroatoms. The highest BCUT2D eigenvalue weighted by Crippen LogP contribution is 2.70. The van der Waals surface area contributed by atoms with E-state index in [0.717, 1.165) is 36.5 Å². The summed E-state index contributed by atoms with van der Waals surface area (Å²) in [6.07, 6.45) is 11.2. The van der Waals surface area contributed by atoms with Crippen LogP contribution in [0.25, 0.3) is 0 Å². The number of aliphatic hydroxyl groups is 1. The average molecular weight is 402 g/mol. The third-order valence-corrected chi connectivity index (χ3v) is 10.8. The van der Waals surface area contributed by atoms with Gasteiger partial charge < -0.3 is 14.4 Å². The summed E-state index contributed by atoms with van der Waals surface area (Å²) < 4.78 is 13.4. The van der Waals surface area contributed by atoms with Gasteiger partial charge in [-0.2, -0.15) is 0 Å². The lowest BCUT2D eigenvalue weighted by Gasteiger charge is -2.62. The molecule has 4 saturated carbocycles. The lowest BCUT2D eigenvalue weighted by Crippen LogP contribution is -2.59. The van der Waals surface area contributed by atoms with E-state index < -0.39 is 0 Å². The van der Waals surface area contributed by atoms with Crippen molar-refractivity contribution in [2.45, 2.75) is 122 Å². The van der Waals surface area contributed by atoms with Crippen LogP contribution in [0.2, 0.25) is 5.31 Å². The van der Waals surface area contributed by atoms with Gasteiger partial charge in [-0.05, 0) is 99.1 Å². The molecule has 3 nitrogen and oxygen atoms in total. The molecule has 29 heavy (non-hydrogen) atoms. The molecule has 0 aromatic heterocycles. The van der Waals surface area contributed by atoms with Gasteiger partial charge in [0.1, 0.15) is 0 Å². The van der Waals surface area contributed by atoms with Crippen LogP contribution in [0.4, 0.5) is 0 Å². The van der Waals surface area contributed by atoms with Gasteiger partial charge in [0.15, 0.2) is 0 Å². The van der Waals surface area contributed by atoms with Crippen LogP contribution in [0, 0.1) is 34.5 Å². The zero-order chi connectivity index (χ0) is 20.8. The van der Waals surface area contributed by atoms with Gasteiger partial charge in [0.2, 0.25) is 0 Å². The molecule has 4 aliphatic carbocycles. The normalized spacial score (nSPS) is 54.9. The predicted molar refractivity (Wildman–Crippen MR) is 118 cm³/mol. The Morgan fingerprint density at radius 3 is 2.34 bits per heavy atom. The Balaban J connectivity index is 1.43. The van der Waals surface area contributed by atoms with Crippen molar-refractivity contribution in [3.05, 3.63) is 0 Å². The largest absolute Gasteiger partial charge is 0.463 e. The fourth-order valence-electron chi connectivity index (χ4n) is 9.12. The molecule has 5 fully saturated rings. The number of hydrogen-bond acceptors (Lipinski definition) is 3. The van der Waals surface area contributed by atoms with Crippen LogP contribution in [0.1, 0.15) is 99.3 Å². The molecular formula is C25H43BO3. The molecule has 1 N–H and O–H groups in total. The first-order valence-electron chi connectivity index (χ1n) is 12.5. The van der Waals surface area contributed by atoms with E-state index in [9.17, 15) is 5.11 Å². The monoisotopic (exact) mass is 402 g/mol. The molecule has 0 radical (unpaired) electrons. The molecule has 1 aliphatic heterocycles. The second kappa shape index (κ2) is 6.48. The van der Waals surface area contributed by atoms with Gasteiger partial charge in [-0.1, -0.05) is 34.6 Å².